The van der Waals surface area contributed by atoms with Crippen LogP contribution in [-0.4, -0.2) is 14.2 Å². The number of allylic oxidation sites excluding steroid dienone is 1. The number of methoxy groups -OCH3 is 2. The smallest absolute Gasteiger partial charge is 0.126 e. The lowest BCUT2D eigenvalue weighted by molar-refractivity contribution is 0.413. The molecule has 0 unspecified atom stereocenters. The molecule has 20 heavy (non-hydrogen) atoms. The van der Waals surface area contributed by atoms with Gasteiger partial charge < -0.3 is 9.47 Å². The number of rotatable bonds is 3. The molecule has 0 atom stereocenters. The van der Waals surface area contributed by atoms with E-state index in [0.717, 1.165) is 35.5 Å². The number of para-hydroxylation sites is 1. The van der Waals surface area contributed by atoms with E-state index in [2.05, 4.69) is 24.3 Å². The maximum Gasteiger partial charge on any atom is 0.126 e. The molecule has 0 N–H and O–H groups in total. The highest BCUT2D eigenvalue weighted by molar-refractivity contribution is 5.73. The van der Waals surface area contributed by atoms with Crippen LogP contribution in [0.4, 0.5) is 0 Å². The zero-order valence-corrected chi connectivity index (χ0v) is 11.8. The van der Waals surface area contributed by atoms with Crippen molar-refractivity contribution in [3.63, 3.8) is 0 Å². The second-order valence-corrected chi connectivity index (χ2v) is 4.83. The van der Waals surface area contributed by atoms with Gasteiger partial charge in [-0.25, -0.2) is 0 Å². The molecule has 0 saturated heterocycles. The Morgan fingerprint density at radius 2 is 1.80 bits per heavy atom. The number of benzene rings is 2. The Hall–Kier alpha value is -2.22. The predicted molar refractivity (Wildman–Crippen MR) is 80.1 cm³/mol. The summed E-state index contributed by atoms with van der Waals surface area (Å²) in [4.78, 5) is 0. The molecule has 3 rings (SSSR count). The van der Waals surface area contributed by atoms with Gasteiger partial charge in [-0.1, -0.05) is 24.3 Å². The SMILES string of the molecule is COc1ccc2c(c1)CCC(c1ccccc1OC)=[C]2. The van der Waals surface area contributed by atoms with Gasteiger partial charge in [0, 0.05) is 5.56 Å². The van der Waals surface area contributed by atoms with Crippen LogP contribution in [0, 0.1) is 6.08 Å². The van der Waals surface area contributed by atoms with Crippen molar-refractivity contribution in [3.8, 4) is 11.5 Å². The monoisotopic (exact) mass is 265 g/mol. The normalized spacial score (nSPS) is 13.4. The minimum Gasteiger partial charge on any atom is -0.497 e. The maximum atomic E-state index is 5.44. The Kier molecular flexibility index (Phi) is 3.46. The summed E-state index contributed by atoms with van der Waals surface area (Å²) in [7, 11) is 3.41. The minimum atomic E-state index is 0.909. The van der Waals surface area contributed by atoms with Gasteiger partial charge in [0.2, 0.25) is 0 Å². The summed E-state index contributed by atoms with van der Waals surface area (Å²) in [5.41, 5.74) is 4.79. The van der Waals surface area contributed by atoms with E-state index in [0.29, 0.717) is 0 Å². The fourth-order valence-electron chi connectivity index (χ4n) is 2.61. The van der Waals surface area contributed by atoms with Crippen molar-refractivity contribution in [2.45, 2.75) is 12.8 Å². The van der Waals surface area contributed by atoms with Crippen molar-refractivity contribution in [1.82, 2.24) is 0 Å². The zero-order valence-electron chi connectivity index (χ0n) is 11.8. The third-order valence-corrected chi connectivity index (χ3v) is 3.67. The molecule has 101 valence electrons. The second kappa shape index (κ2) is 5.41. The number of ether oxygens (including phenoxy) is 2. The molecule has 0 aromatic heterocycles. The largest absolute Gasteiger partial charge is 0.497 e. The topological polar surface area (TPSA) is 18.5 Å². The molecule has 2 aromatic carbocycles. The third kappa shape index (κ3) is 2.29. The molecule has 2 nitrogen and oxygen atoms in total. The highest BCUT2D eigenvalue weighted by Crippen LogP contribution is 2.34. The summed E-state index contributed by atoms with van der Waals surface area (Å²) in [5.74, 6) is 1.82. The summed E-state index contributed by atoms with van der Waals surface area (Å²) in [6.07, 6.45) is 5.50. The van der Waals surface area contributed by atoms with E-state index in [4.69, 9.17) is 9.47 Å². The third-order valence-electron chi connectivity index (χ3n) is 3.67. The lowest BCUT2D eigenvalue weighted by atomic mass is 9.88. The van der Waals surface area contributed by atoms with Gasteiger partial charge in [0.1, 0.15) is 11.5 Å². The van der Waals surface area contributed by atoms with Gasteiger partial charge in [-0.05, 0) is 53.8 Å². The highest BCUT2D eigenvalue weighted by atomic mass is 16.5. The Balaban J connectivity index is 2.02. The predicted octanol–water partition coefficient (Wildman–Crippen LogP) is 3.88. The van der Waals surface area contributed by atoms with E-state index >= 15 is 0 Å². The summed E-state index contributed by atoms with van der Waals surface area (Å²) in [6, 6.07) is 14.3. The molecule has 2 aromatic rings. The van der Waals surface area contributed by atoms with Gasteiger partial charge in [0.15, 0.2) is 0 Å². The second-order valence-electron chi connectivity index (χ2n) is 4.83. The zero-order chi connectivity index (χ0) is 13.9. The number of fused-ring (bicyclic) bond motifs is 1. The number of hydrogen-bond acceptors (Lipinski definition) is 2. The first-order chi connectivity index (χ1) is 9.81. The molecule has 0 heterocycles. The van der Waals surface area contributed by atoms with Gasteiger partial charge in [-0.2, -0.15) is 0 Å². The first kappa shape index (κ1) is 12.8. The van der Waals surface area contributed by atoms with Crippen LogP contribution in [0.1, 0.15) is 23.1 Å². The Morgan fingerprint density at radius 3 is 2.60 bits per heavy atom. The number of aryl methyl sites for hydroxylation is 1. The van der Waals surface area contributed by atoms with Crippen molar-refractivity contribution in [2.75, 3.05) is 14.2 Å². The first-order valence-electron chi connectivity index (χ1n) is 6.75. The van der Waals surface area contributed by atoms with Crippen LogP contribution in [0.3, 0.4) is 0 Å². The quantitative estimate of drug-likeness (QED) is 0.838. The Morgan fingerprint density at radius 1 is 0.950 bits per heavy atom. The Bertz CT molecular complexity index is 656. The fourth-order valence-corrected chi connectivity index (χ4v) is 2.61. The summed E-state index contributed by atoms with van der Waals surface area (Å²) < 4.78 is 10.7. The molecule has 0 fully saturated rings. The van der Waals surface area contributed by atoms with Crippen LogP contribution < -0.4 is 9.47 Å². The molecule has 0 amide bonds. The molecular weight excluding hydrogens is 248 g/mol. The fraction of sp³-hybridized carbons (Fsp3) is 0.222. The van der Waals surface area contributed by atoms with E-state index in [1.54, 1.807) is 14.2 Å². The van der Waals surface area contributed by atoms with Crippen LogP contribution in [0.15, 0.2) is 42.5 Å². The van der Waals surface area contributed by atoms with Gasteiger partial charge in [0.05, 0.1) is 14.2 Å². The van der Waals surface area contributed by atoms with Gasteiger partial charge >= 0.3 is 0 Å². The van der Waals surface area contributed by atoms with E-state index in [1.165, 1.54) is 11.1 Å². The van der Waals surface area contributed by atoms with Crippen LogP contribution in [-0.2, 0) is 6.42 Å². The van der Waals surface area contributed by atoms with Crippen molar-refractivity contribution in [1.29, 1.82) is 0 Å². The highest BCUT2D eigenvalue weighted by Gasteiger charge is 2.15. The number of hydrogen-bond donors (Lipinski definition) is 0. The van der Waals surface area contributed by atoms with E-state index in [-0.39, 0.29) is 0 Å². The first-order valence-corrected chi connectivity index (χ1v) is 6.75. The lowest BCUT2D eigenvalue weighted by Gasteiger charge is -2.18. The molecular formula is C18H17O2. The van der Waals surface area contributed by atoms with Crippen molar-refractivity contribution in [2.24, 2.45) is 0 Å². The van der Waals surface area contributed by atoms with Crippen LogP contribution >= 0.6 is 0 Å². The average Bonchev–Trinajstić information content (AvgIpc) is 2.53. The molecule has 1 aliphatic carbocycles. The molecule has 1 radical (unpaired) electrons. The standard InChI is InChI=1S/C18H17O2/c1-19-16-10-9-13-11-15(8-7-14(13)12-16)17-5-3-4-6-18(17)20-2/h3-6,9-10,12H,7-8H2,1-2H3. The summed E-state index contributed by atoms with van der Waals surface area (Å²) in [6.45, 7) is 0. The maximum absolute atomic E-state index is 5.44. The summed E-state index contributed by atoms with van der Waals surface area (Å²) in [5, 5.41) is 0. The van der Waals surface area contributed by atoms with Gasteiger partial charge in [-0.3, -0.25) is 0 Å². The van der Waals surface area contributed by atoms with Crippen LogP contribution in [0.5, 0.6) is 11.5 Å². The van der Waals surface area contributed by atoms with Crippen LogP contribution in [0.25, 0.3) is 5.57 Å². The minimum absolute atomic E-state index is 0.909. The lowest BCUT2D eigenvalue weighted by Crippen LogP contribution is -2.02. The molecule has 0 bridgehead atoms. The average molecular weight is 265 g/mol. The van der Waals surface area contributed by atoms with E-state index in [1.807, 2.05) is 24.3 Å². The molecule has 0 spiro atoms. The van der Waals surface area contributed by atoms with E-state index < -0.39 is 0 Å². The van der Waals surface area contributed by atoms with Crippen molar-refractivity contribution >= 4 is 5.57 Å². The van der Waals surface area contributed by atoms with Gasteiger partial charge in [-0.15, -0.1) is 0 Å². The molecule has 2 heteroatoms. The van der Waals surface area contributed by atoms with E-state index in [9.17, 15) is 0 Å². The van der Waals surface area contributed by atoms with Crippen molar-refractivity contribution < 1.29 is 9.47 Å². The molecule has 0 aliphatic heterocycles. The van der Waals surface area contributed by atoms with Gasteiger partial charge in [0.25, 0.3) is 0 Å². The Labute approximate surface area is 119 Å². The van der Waals surface area contributed by atoms with Crippen LogP contribution in [0.2, 0.25) is 0 Å². The summed E-state index contributed by atoms with van der Waals surface area (Å²) >= 11 is 0. The molecule has 1 aliphatic rings. The van der Waals surface area contributed by atoms with Crippen molar-refractivity contribution in [3.05, 3.63) is 65.2 Å². The molecule has 0 saturated carbocycles.